The number of amides is 1. The van der Waals surface area contributed by atoms with E-state index in [-0.39, 0.29) is 11.6 Å². The quantitative estimate of drug-likeness (QED) is 0.861. The van der Waals surface area contributed by atoms with Crippen molar-refractivity contribution in [3.05, 3.63) is 47.3 Å². The van der Waals surface area contributed by atoms with Crippen LogP contribution < -0.4 is 0 Å². The summed E-state index contributed by atoms with van der Waals surface area (Å²) in [5, 5.41) is 12.5. The molecule has 0 bridgehead atoms. The lowest BCUT2D eigenvalue weighted by atomic mass is 10.1. The molecule has 0 atom stereocenters. The van der Waals surface area contributed by atoms with Crippen LogP contribution in [0.1, 0.15) is 40.3 Å². The monoisotopic (exact) mass is 397 g/mol. The number of nitrogens with zero attached hydrogens (tertiary/aromatic N) is 3. The Morgan fingerprint density at radius 2 is 1.86 bits per heavy atom. The molecule has 1 aliphatic rings. The zero-order valence-electron chi connectivity index (χ0n) is 15.2. The van der Waals surface area contributed by atoms with E-state index in [0.717, 1.165) is 0 Å². The zero-order valence-corrected chi connectivity index (χ0v) is 15.2. The lowest BCUT2D eigenvalue weighted by molar-refractivity contribution is -0.143. The molecule has 150 valence electrons. The third kappa shape index (κ3) is 3.86. The number of aromatic carboxylic acids is 1. The van der Waals surface area contributed by atoms with Crippen molar-refractivity contribution in [1.82, 2.24) is 14.7 Å². The highest BCUT2D eigenvalue weighted by Gasteiger charge is 2.40. The largest absolute Gasteiger partial charge is 0.478 e. The summed E-state index contributed by atoms with van der Waals surface area (Å²) in [4.78, 5) is 25.3. The third-order valence-corrected chi connectivity index (χ3v) is 4.34. The first-order valence-electron chi connectivity index (χ1n) is 8.42. The van der Waals surface area contributed by atoms with E-state index in [1.165, 1.54) is 24.3 Å². The van der Waals surface area contributed by atoms with Gasteiger partial charge in [0.25, 0.3) is 5.91 Å². The standard InChI is InChI=1S/C18H18F3N3O4/c1-17(2)10-23(7-8-28-17)15(25)11-3-5-12(6-4-11)24-14(18(19,20)21)13(9-22-24)16(26)27/h3-6,9H,7-8,10H2,1-2H3,(H,26,27). The van der Waals surface area contributed by atoms with Crippen LogP contribution in [0.25, 0.3) is 5.69 Å². The molecule has 0 spiro atoms. The molecule has 1 saturated heterocycles. The molecule has 3 rings (SSSR count). The van der Waals surface area contributed by atoms with Gasteiger partial charge in [0.1, 0.15) is 5.56 Å². The van der Waals surface area contributed by atoms with Gasteiger partial charge in [-0.25, -0.2) is 9.48 Å². The molecule has 0 radical (unpaired) electrons. The molecule has 0 saturated carbocycles. The SMILES string of the molecule is CC1(C)CN(C(=O)c2ccc(-n3ncc(C(=O)O)c3C(F)(F)F)cc2)CCO1. The highest BCUT2D eigenvalue weighted by molar-refractivity contribution is 5.94. The Hall–Kier alpha value is -2.88. The number of hydrogen-bond donors (Lipinski definition) is 1. The van der Waals surface area contributed by atoms with E-state index in [2.05, 4.69) is 5.10 Å². The lowest BCUT2D eigenvalue weighted by Crippen LogP contribution is -2.50. The van der Waals surface area contributed by atoms with Crippen molar-refractivity contribution in [2.45, 2.75) is 25.6 Å². The van der Waals surface area contributed by atoms with Gasteiger partial charge in [0.2, 0.25) is 0 Å². The second-order valence-electron chi connectivity index (χ2n) is 7.00. The minimum absolute atomic E-state index is 0.00122. The number of ether oxygens (including phenoxy) is 1. The Kier molecular flexibility index (Phi) is 4.92. The molecule has 7 nitrogen and oxygen atoms in total. The Morgan fingerprint density at radius 1 is 1.21 bits per heavy atom. The minimum atomic E-state index is -4.90. The molecule has 1 aromatic heterocycles. The molecule has 2 heterocycles. The summed E-state index contributed by atoms with van der Waals surface area (Å²) in [6, 6.07) is 5.38. The van der Waals surface area contributed by atoms with Gasteiger partial charge in [0.15, 0.2) is 5.69 Å². The van der Waals surface area contributed by atoms with Crippen molar-refractivity contribution >= 4 is 11.9 Å². The maximum absolute atomic E-state index is 13.3. The molecule has 10 heteroatoms. The smallest absolute Gasteiger partial charge is 0.434 e. The molecule has 0 unspecified atom stereocenters. The van der Waals surface area contributed by atoms with Crippen molar-refractivity contribution in [2.75, 3.05) is 19.7 Å². The van der Waals surface area contributed by atoms with Crippen molar-refractivity contribution < 1.29 is 32.6 Å². The van der Waals surface area contributed by atoms with Crippen molar-refractivity contribution in [3.63, 3.8) is 0 Å². The Balaban J connectivity index is 1.90. The number of carbonyl (C=O) groups excluding carboxylic acids is 1. The van der Waals surface area contributed by atoms with E-state index >= 15 is 0 Å². The van der Waals surface area contributed by atoms with E-state index in [9.17, 15) is 22.8 Å². The first-order valence-corrected chi connectivity index (χ1v) is 8.42. The number of carboxylic acid groups (broad SMARTS) is 1. The number of morpholine rings is 1. The fraction of sp³-hybridized carbons (Fsp3) is 0.389. The van der Waals surface area contributed by atoms with Crippen LogP contribution in [0.2, 0.25) is 0 Å². The number of benzene rings is 1. The Labute approximate surface area is 158 Å². The van der Waals surface area contributed by atoms with Crippen molar-refractivity contribution in [2.24, 2.45) is 0 Å². The minimum Gasteiger partial charge on any atom is -0.478 e. The van der Waals surface area contributed by atoms with Crippen LogP contribution in [0.3, 0.4) is 0 Å². The van der Waals surface area contributed by atoms with Crippen LogP contribution in [0.5, 0.6) is 0 Å². The summed E-state index contributed by atoms with van der Waals surface area (Å²) in [7, 11) is 0. The summed E-state index contributed by atoms with van der Waals surface area (Å²) in [6.07, 6.45) is -4.25. The highest BCUT2D eigenvalue weighted by atomic mass is 19.4. The van der Waals surface area contributed by atoms with Crippen LogP contribution in [-0.4, -0.2) is 57.0 Å². The number of aromatic nitrogens is 2. The fourth-order valence-electron chi connectivity index (χ4n) is 3.09. The molecule has 28 heavy (non-hydrogen) atoms. The van der Waals surface area contributed by atoms with Gasteiger partial charge < -0.3 is 14.7 Å². The number of alkyl halides is 3. The van der Waals surface area contributed by atoms with E-state index in [4.69, 9.17) is 9.84 Å². The molecule has 1 fully saturated rings. The van der Waals surface area contributed by atoms with Crippen LogP contribution in [0.15, 0.2) is 30.5 Å². The van der Waals surface area contributed by atoms with Crippen molar-refractivity contribution in [1.29, 1.82) is 0 Å². The predicted octanol–water partition coefficient (Wildman–Crippen LogP) is 2.84. The van der Waals surface area contributed by atoms with Gasteiger partial charge in [-0.3, -0.25) is 4.79 Å². The van der Waals surface area contributed by atoms with Gasteiger partial charge in [-0.05, 0) is 38.1 Å². The summed E-state index contributed by atoms with van der Waals surface area (Å²) in [5.74, 6) is -1.98. The summed E-state index contributed by atoms with van der Waals surface area (Å²) < 4.78 is 46.0. The van der Waals surface area contributed by atoms with Crippen LogP contribution >= 0.6 is 0 Å². The highest BCUT2D eigenvalue weighted by Crippen LogP contribution is 2.33. The van der Waals surface area contributed by atoms with Crippen LogP contribution in [0.4, 0.5) is 13.2 Å². The van der Waals surface area contributed by atoms with Gasteiger partial charge >= 0.3 is 12.1 Å². The van der Waals surface area contributed by atoms with Crippen LogP contribution in [0, 0.1) is 0 Å². The second kappa shape index (κ2) is 6.93. The van der Waals surface area contributed by atoms with E-state index in [0.29, 0.717) is 36.1 Å². The van der Waals surface area contributed by atoms with Gasteiger partial charge in [0.05, 0.1) is 24.1 Å². The molecule has 1 aromatic carbocycles. The first-order chi connectivity index (χ1) is 13.0. The number of halogens is 3. The molecular formula is C18H18F3N3O4. The van der Waals surface area contributed by atoms with Gasteiger partial charge in [-0.15, -0.1) is 0 Å². The predicted molar refractivity (Wildman–Crippen MR) is 91.5 cm³/mol. The maximum atomic E-state index is 13.3. The summed E-state index contributed by atoms with van der Waals surface area (Å²) in [5.41, 5.74) is -2.49. The van der Waals surface area contributed by atoms with Crippen LogP contribution in [-0.2, 0) is 10.9 Å². The van der Waals surface area contributed by atoms with Gasteiger partial charge in [-0.2, -0.15) is 18.3 Å². The van der Waals surface area contributed by atoms with Gasteiger partial charge in [-0.1, -0.05) is 0 Å². The Morgan fingerprint density at radius 3 is 2.39 bits per heavy atom. The zero-order chi connectivity index (χ0) is 20.7. The van der Waals surface area contributed by atoms with E-state index in [1.54, 1.807) is 4.90 Å². The summed E-state index contributed by atoms with van der Waals surface area (Å²) >= 11 is 0. The van der Waals surface area contributed by atoms with Crippen molar-refractivity contribution in [3.8, 4) is 5.69 Å². The second-order valence-corrected chi connectivity index (χ2v) is 7.00. The number of carboxylic acids is 1. The molecular weight excluding hydrogens is 379 g/mol. The average Bonchev–Trinajstić information content (AvgIpc) is 3.06. The van der Waals surface area contributed by atoms with E-state index in [1.807, 2.05) is 13.8 Å². The fourth-order valence-corrected chi connectivity index (χ4v) is 3.09. The Bertz CT molecular complexity index is 904. The molecule has 0 aliphatic carbocycles. The topological polar surface area (TPSA) is 84.7 Å². The molecule has 2 aromatic rings. The number of carbonyl (C=O) groups is 2. The number of rotatable bonds is 3. The average molecular weight is 397 g/mol. The number of hydrogen-bond acceptors (Lipinski definition) is 4. The summed E-state index contributed by atoms with van der Waals surface area (Å²) in [6.45, 7) is 4.95. The first kappa shape index (κ1) is 19.9. The normalized spacial score (nSPS) is 16.8. The molecule has 1 N–H and O–H groups in total. The lowest BCUT2D eigenvalue weighted by Gasteiger charge is -2.38. The van der Waals surface area contributed by atoms with E-state index < -0.39 is 29.0 Å². The third-order valence-electron chi connectivity index (χ3n) is 4.34. The molecule has 1 amide bonds. The molecule has 1 aliphatic heterocycles. The maximum Gasteiger partial charge on any atom is 0.434 e. The van der Waals surface area contributed by atoms with Gasteiger partial charge in [0, 0.05) is 18.7 Å².